The van der Waals surface area contributed by atoms with E-state index in [0.29, 0.717) is 5.11 Å². The monoisotopic (exact) mass is 362 g/mol. The maximum Gasteiger partial charge on any atom is 0.175 e. The van der Waals surface area contributed by atoms with Crippen molar-refractivity contribution in [1.29, 1.82) is 0 Å². The molecule has 2 nitrogen and oxygen atoms in total. The summed E-state index contributed by atoms with van der Waals surface area (Å²) in [6.45, 7) is 2.20. The molecular formula is C17H19BrN2S. The second kappa shape index (κ2) is 8.15. The average Bonchev–Trinajstić information content (AvgIpc) is 2.49. The molecule has 0 spiro atoms. The maximum atomic E-state index is 5.39. The van der Waals surface area contributed by atoms with Crippen LogP contribution in [-0.2, 0) is 6.42 Å². The summed E-state index contributed by atoms with van der Waals surface area (Å²) in [7, 11) is 0. The van der Waals surface area contributed by atoms with E-state index >= 15 is 0 Å². The molecule has 2 aromatic rings. The van der Waals surface area contributed by atoms with Crippen molar-refractivity contribution >= 4 is 44.6 Å². The van der Waals surface area contributed by atoms with Gasteiger partial charge in [-0.05, 0) is 61.0 Å². The molecule has 0 saturated carbocycles. The molecule has 0 aromatic heterocycles. The number of halogens is 1. The van der Waals surface area contributed by atoms with Crippen molar-refractivity contribution in [2.75, 3.05) is 10.6 Å². The fourth-order valence-corrected chi connectivity index (χ4v) is 2.54. The Morgan fingerprint density at radius 1 is 1.05 bits per heavy atom. The smallest absolute Gasteiger partial charge is 0.175 e. The highest BCUT2D eigenvalue weighted by Crippen LogP contribution is 2.19. The third-order valence-electron chi connectivity index (χ3n) is 3.17. The minimum Gasteiger partial charge on any atom is -0.332 e. The molecule has 2 rings (SSSR count). The molecule has 0 bridgehead atoms. The van der Waals surface area contributed by atoms with Crippen molar-refractivity contribution in [1.82, 2.24) is 0 Å². The molecule has 21 heavy (non-hydrogen) atoms. The SMILES string of the molecule is CCCCc1ccccc1NC(=S)Nc1ccc(Br)cc1. The lowest BCUT2D eigenvalue weighted by atomic mass is 10.1. The third-order valence-corrected chi connectivity index (χ3v) is 3.90. The molecule has 110 valence electrons. The normalized spacial score (nSPS) is 10.2. The van der Waals surface area contributed by atoms with Gasteiger partial charge in [-0.2, -0.15) is 0 Å². The van der Waals surface area contributed by atoms with Gasteiger partial charge in [0.25, 0.3) is 0 Å². The van der Waals surface area contributed by atoms with Crippen LogP contribution in [0.2, 0.25) is 0 Å². The zero-order valence-electron chi connectivity index (χ0n) is 12.0. The topological polar surface area (TPSA) is 24.1 Å². The molecule has 2 N–H and O–H groups in total. The Labute approximate surface area is 140 Å². The van der Waals surface area contributed by atoms with Gasteiger partial charge in [0, 0.05) is 15.8 Å². The lowest BCUT2D eigenvalue weighted by molar-refractivity contribution is 0.796. The van der Waals surface area contributed by atoms with Crippen LogP contribution in [-0.4, -0.2) is 5.11 Å². The van der Waals surface area contributed by atoms with Gasteiger partial charge in [-0.15, -0.1) is 0 Å². The number of nitrogens with one attached hydrogen (secondary N) is 2. The molecule has 0 saturated heterocycles. The fraction of sp³-hybridized carbons (Fsp3) is 0.235. The molecular weight excluding hydrogens is 344 g/mol. The predicted octanol–water partition coefficient (Wildman–Crippen LogP) is 5.60. The molecule has 0 atom stereocenters. The summed E-state index contributed by atoms with van der Waals surface area (Å²) in [6, 6.07) is 16.3. The van der Waals surface area contributed by atoms with E-state index in [1.165, 1.54) is 18.4 Å². The molecule has 0 aliphatic rings. The van der Waals surface area contributed by atoms with E-state index in [4.69, 9.17) is 12.2 Å². The van der Waals surface area contributed by atoms with Crippen LogP contribution in [0.3, 0.4) is 0 Å². The van der Waals surface area contributed by atoms with Crippen molar-refractivity contribution in [3.63, 3.8) is 0 Å². The summed E-state index contributed by atoms with van der Waals surface area (Å²) in [6.07, 6.45) is 3.45. The lowest BCUT2D eigenvalue weighted by Gasteiger charge is -2.14. The summed E-state index contributed by atoms with van der Waals surface area (Å²) in [4.78, 5) is 0. The molecule has 0 aliphatic carbocycles. The molecule has 0 amide bonds. The lowest BCUT2D eigenvalue weighted by Crippen LogP contribution is -2.19. The van der Waals surface area contributed by atoms with Gasteiger partial charge in [-0.1, -0.05) is 47.5 Å². The van der Waals surface area contributed by atoms with Crippen LogP contribution in [0.5, 0.6) is 0 Å². The van der Waals surface area contributed by atoms with Gasteiger partial charge in [-0.3, -0.25) is 0 Å². The Kier molecular flexibility index (Phi) is 6.21. The van der Waals surface area contributed by atoms with E-state index in [1.807, 2.05) is 30.3 Å². The third kappa shape index (κ3) is 5.14. The van der Waals surface area contributed by atoms with Crippen molar-refractivity contribution in [3.8, 4) is 0 Å². The molecule has 0 aliphatic heterocycles. The number of thiocarbonyl (C=S) groups is 1. The van der Waals surface area contributed by atoms with Crippen LogP contribution >= 0.6 is 28.1 Å². The van der Waals surface area contributed by atoms with Crippen LogP contribution in [0.25, 0.3) is 0 Å². The predicted molar refractivity (Wildman–Crippen MR) is 99.0 cm³/mol. The molecule has 0 fully saturated rings. The van der Waals surface area contributed by atoms with Crippen LogP contribution < -0.4 is 10.6 Å². The summed E-state index contributed by atoms with van der Waals surface area (Å²) >= 11 is 8.81. The van der Waals surface area contributed by atoms with E-state index in [1.54, 1.807) is 0 Å². The van der Waals surface area contributed by atoms with Crippen molar-refractivity contribution < 1.29 is 0 Å². The second-order valence-corrected chi connectivity index (χ2v) is 6.17. The summed E-state index contributed by atoms with van der Waals surface area (Å²) < 4.78 is 1.05. The average molecular weight is 363 g/mol. The molecule has 2 aromatic carbocycles. The van der Waals surface area contributed by atoms with Gasteiger partial charge in [0.15, 0.2) is 5.11 Å². The van der Waals surface area contributed by atoms with E-state index in [2.05, 4.69) is 51.7 Å². The van der Waals surface area contributed by atoms with E-state index < -0.39 is 0 Å². The number of unbranched alkanes of at least 4 members (excludes halogenated alkanes) is 1. The highest BCUT2D eigenvalue weighted by atomic mass is 79.9. The first-order valence-corrected chi connectivity index (χ1v) is 8.30. The first-order chi connectivity index (χ1) is 10.2. The number of hydrogen-bond donors (Lipinski definition) is 2. The molecule has 0 radical (unpaired) electrons. The largest absolute Gasteiger partial charge is 0.332 e. The van der Waals surface area contributed by atoms with Gasteiger partial charge in [0.2, 0.25) is 0 Å². The maximum absolute atomic E-state index is 5.39. The minimum absolute atomic E-state index is 0.612. The van der Waals surface area contributed by atoms with Crippen molar-refractivity contribution in [2.24, 2.45) is 0 Å². The summed E-state index contributed by atoms with van der Waals surface area (Å²) in [5.41, 5.74) is 3.36. The van der Waals surface area contributed by atoms with Crippen molar-refractivity contribution in [3.05, 3.63) is 58.6 Å². The Morgan fingerprint density at radius 2 is 1.76 bits per heavy atom. The first-order valence-electron chi connectivity index (χ1n) is 7.10. The Bertz CT molecular complexity index is 596. The zero-order chi connectivity index (χ0) is 15.1. The van der Waals surface area contributed by atoms with Gasteiger partial charge >= 0.3 is 0 Å². The first kappa shape index (κ1) is 16.0. The quantitative estimate of drug-likeness (QED) is 0.676. The van der Waals surface area contributed by atoms with Crippen LogP contribution in [0.1, 0.15) is 25.3 Å². The molecule has 4 heteroatoms. The summed E-state index contributed by atoms with van der Waals surface area (Å²) in [5.74, 6) is 0. The van der Waals surface area contributed by atoms with Crippen LogP contribution in [0.15, 0.2) is 53.0 Å². The number of hydrogen-bond acceptors (Lipinski definition) is 1. The standard InChI is InChI=1S/C17H19BrN2S/c1-2-3-6-13-7-4-5-8-16(13)20-17(21)19-15-11-9-14(18)10-12-15/h4-5,7-12H,2-3,6H2,1H3,(H2,19,20,21). The van der Waals surface area contributed by atoms with E-state index in [-0.39, 0.29) is 0 Å². The highest BCUT2D eigenvalue weighted by Gasteiger charge is 2.04. The summed E-state index contributed by atoms with van der Waals surface area (Å²) in [5, 5.41) is 7.10. The van der Waals surface area contributed by atoms with Gasteiger partial charge in [0.1, 0.15) is 0 Å². The zero-order valence-corrected chi connectivity index (χ0v) is 14.4. The van der Waals surface area contributed by atoms with E-state index in [9.17, 15) is 0 Å². The van der Waals surface area contributed by atoms with Gasteiger partial charge in [-0.25, -0.2) is 0 Å². The van der Waals surface area contributed by atoms with Crippen LogP contribution in [0.4, 0.5) is 11.4 Å². The number of benzene rings is 2. The molecule has 0 unspecified atom stereocenters. The van der Waals surface area contributed by atoms with Crippen LogP contribution in [0, 0.1) is 0 Å². The van der Waals surface area contributed by atoms with Crippen molar-refractivity contribution in [2.45, 2.75) is 26.2 Å². The van der Waals surface area contributed by atoms with E-state index in [0.717, 1.165) is 22.3 Å². The Morgan fingerprint density at radius 3 is 2.48 bits per heavy atom. The second-order valence-electron chi connectivity index (χ2n) is 4.85. The number of aryl methyl sites for hydroxylation is 1. The Hall–Kier alpha value is -1.39. The van der Waals surface area contributed by atoms with Gasteiger partial charge in [0.05, 0.1) is 0 Å². The highest BCUT2D eigenvalue weighted by molar-refractivity contribution is 9.10. The minimum atomic E-state index is 0.612. The Balaban J connectivity index is 2.00. The fourth-order valence-electron chi connectivity index (χ4n) is 2.05. The number of anilines is 2. The number of rotatable bonds is 5. The number of para-hydroxylation sites is 1. The van der Waals surface area contributed by atoms with Gasteiger partial charge < -0.3 is 10.6 Å². The molecule has 0 heterocycles.